The van der Waals surface area contributed by atoms with E-state index in [4.69, 9.17) is 11.6 Å². The lowest BCUT2D eigenvalue weighted by atomic mass is 10.2. The van der Waals surface area contributed by atoms with Crippen LogP contribution in [0.3, 0.4) is 0 Å². The van der Waals surface area contributed by atoms with E-state index in [0.717, 1.165) is 12.1 Å². The monoisotopic (exact) mass is 289 g/mol. The minimum absolute atomic E-state index is 0.0554. The second-order valence-electron chi connectivity index (χ2n) is 3.85. The van der Waals surface area contributed by atoms with Crippen molar-refractivity contribution in [2.45, 2.75) is 6.54 Å². The number of anilines is 1. The Labute approximate surface area is 111 Å². The highest BCUT2D eigenvalue weighted by Crippen LogP contribution is 2.21. The minimum Gasteiger partial charge on any atom is -0.378 e. The largest absolute Gasteiger partial charge is 0.378 e. The van der Waals surface area contributed by atoms with Gasteiger partial charge in [-0.25, -0.2) is 17.6 Å². The fourth-order valence-corrected chi connectivity index (χ4v) is 1.73. The van der Waals surface area contributed by atoms with Crippen molar-refractivity contribution in [3.63, 3.8) is 0 Å². The zero-order valence-electron chi connectivity index (χ0n) is 9.48. The molecule has 0 spiro atoms. The van der Waals surface area contributed by atoms with Gasteiger partial charge in [-0.05, 0) is 17.7 Å². The first kappa shape index (κ1) is 13.7. The molecule has 0 amide bonds. The van der Waals surface area contributed by atoms with E-state index in [-0.39, 0.29) is 17.3 Å². The van der Waals surface area contributed by atoms with Crippen LogP contribution < -0.4 is 5.32 Å². The van der Waals surface area contributed by atoms with Gasteiger partial charge in [0.25, 0.3) is 0 Å². The van der Waals surface area contributed by atoms with Crippen LogP contribution in [0.1, 0.15) is 5.56 Å². The summed E-state index contributed by atoms with van der Waals surface area (Å²) >= 11 is 5.58. The van der Waals surface area contributed by atoms with Crippen LogP contribution in [-0.2, 0) is 6.54 Å². The highest BCUT2D eigenvalue weighted by molar-refractivity contribution is 6.30. The van der Waals surface area contributed by atoms with Gasteiger partial charge in [-0.3, -0.25) is 0 Å². The van der Waals surface area contributed by atoms with Crippen LogP contribution in [0.5, 0.6) is 0 Å². The van der Waals surface area contributed by atoms with Crippen LogP contribution in [0.2, 0.25) is 5.02 Å². The summed E-state index contributed by atoms with van der Waals surface area (Å²) in [5.41, 5.74) is 0.244. The SMILES string of the molecule is Fc1cc(F)c(F)c(NCc2ccc(F)c(Cl)c2)c1. The number of benzene rings is 2. The molecule has 0 aliphatic heterocycles. The summed E-state index contributed by atoms with van der Waals surface area (Å²) in [5, 5.41) is 2.44. The lowest BCUT2D eigenvalue weighted by Crippen LogP contribution is -2.03. The first-order chi connectivity index (χ1) is 8.97. The smallest absolute Gasteiger partial charge is 0.182 e. The van der Waals surface area contributed by atoms with Crippen molar-refractivity contribution in [3.8, 4) is 0 Å². The van der Waals surface area contributed by atoms with Gasteiger partial charge in [-0.15, -0.1) is 0 Å². The molecular formula is C13H8ClF4N. The quantitative estimate of drug-likeness (QED) is 0.647. The topological polar surface area (TPSA) is 12.0 Å². The van der Waals surface area contributed by atoms with Crippen molar-refractivity contribution in [1.29, 1.82) is 0 Å². The summed E-state index contributed by atoms with van der Waals surface area (Å²) in [7, 11) is 0. The Balaban J connectivity index is 2.16. The number of hydrogen-bond donors (Lipinski definition) is 1. The van der Waals surface area contributed by atoms with E-state index >= 15 is 0 Å². The molecular weight excluding hydrogens is 282 g/mol. The second-order valence-corrected chi connectivity index (χ2v) is 4.26. The predicted molar refractivity (Wildman–Crippen MR) is 65.1 cm³/mol. The average molecular weight is 290 g/mol. The Morgan fingerprint density at radius 1 is 0.947 bits per heavy atom. The third-order valence-electron chi connectivity index (χ3n) is 2.46. The Bertz CT molecular complexity index is 616. The molecule has 0 fully saturated rings. The second kappa shape index (κ2) is 5.48. The summed E-state index contributed by atoms with van der Waals surface area (Å²) < 4.78 is 52.1. The van der Waals surface area contributed by atoms with Gasteiger partial charge in [0.05, 0.1) is 10.7 Å². The maximum atomic E-state index is 13.3. The maximum absolute atomic E-state index is 13.3. The zero-order valence-corrected chi connectivity index (χ0v) is 10.2. The van der Waals surface area contributed by atoms with Crippen LogP contribution in [0.15, 0.2) is 30.3 Å². The molecule has 6 heteroatoms. The first-order valence-corrected chi connectivity index (χ1v) is 5.67. The molecule has 0 atom stereocenters. The van der Waals surface area contributed by atoms with E-state index in [9.17, 15) is 17.6 Å². The molecule has 2 rings (SSSR count). The van der Waals surface area contributed by atoms with Gasteiger partial charge in [0.1, 0.15) is 11.6 Å². The molecule has 0 bridgehead atoms. The fourth-order valence-electron chi connectivity index (χ4n) is 1.53. The van der Waals surface area contributed by atoms with Gasteiger partial charge < -0.3 is 5.32 Å². The number of halogens is 5. The molecule has 2 aromatic carbocycles. The van der Waals surface area contributed by atoms with Gasteiger partial charge in [0, 0.05) is 18.7 Å². The van der Waals surface area contributed by atoms with Gasteiger partial charge in [0.2, 0.25) is 0 Å². The Morgan fingerprint density at radius 2 is 1.68 bits per heavy atom. The molecule has 19 heavy (non-hydrogen) atoms. The van der Waals surface area contributed by atoms with Crippen molar-refractivity contribution in [1.82, 2.24) is 0 Å². The summed E-state index contributed by atoms with van der Waals surface area (Å²) in [6, 6.07) is 5.22. The maximum Gasteiger partial charge on any atom is 0.182 e. The molecule has 1 nitrogen and oxygen atoms in total. The number of rotatable bonds is 3. The molecule has 0 aliphatic carbocycles. The minimum atomic E-state index is -1.28. The van der Waals surface area contributed by atoms with Crippen LogP contribution in [0.4, 0.5) is 23.2 Å². The number of hydrogen-bond acceptors (Lipinski definition) is 1. The van der Waals surface area contributed by atoms with E-state index in [1.54, 1.807) is 0 Å². The van der Waals surface area contributed by atoms with Gasteiger partial charge in [-0.2, -0.15) is 0 Å². The standard InChI is InChI=1S/C13H8ClF4N/c14-9-3-7(1-2-10(9)16)6-19-12-5-8(15)4-11(17)13(12)18/h1-5,19H,6H2. The lowest BCUT2D eigenvalue weighted by Gasteiger charge is -2.09. The highest BCUT2D eigenvalue weighted by atomic mass is 35.5. The molecule has 0 saturated heterocycles. The predicted octanol–water partition coefficient (Wildman–Crippen LogP) is 4.51. The average Bonchev–Trinajstić information content (AvgIpc) is 2.36. The van der Waals surface area contributed by atoms with Gasteiger partial charge in [0.15, 0.2) is 11.6 Å². The van der Waals surface area contributed by atoms with Crippen molar-refractivity contribution in [3.05, 3.63) is 64.2 Å². The van der Waals surface area contributed by atoms with Crippen LogP contribution in [-0.4, -0.2) is 0 Å². The normalized spacial score (nSPS) is 10.6. The molecule has 0 unspecified atom stereocenters. The summed E-state index contributed by atoms with van der Waals surface area (Å²) in [6.07, 6.45) is 0. The van der Waals surface area contributed by atoms with Crippen molar-refractivity contribution in [2.75, 3.05) is 5.32 Å². The van der Waals surface area contributed by atoms with E-state index in [1.165, 1.54) is 12.1 Å². The van der Waals surface area contributed by atoms with Crippen LogP contribution in [0, 0.1) is 23.3 Å². The number of nitrogens with one attached hydrogen (secondary N) is 1. The molecule has 100 valence electrons. The molecule has 0 aliphatic rings. The Hall–Kier alpha value is -1.75. The van der Waals surface area contributed by atoms with Gasteiger partial charge in [-0.1, -0.05) is 17.7 Å². The Kier molecular flexibility index (Phi) is 3.95. The third kappa shape index (κ3) is 3.17. The molecule has 0 aromatic heterocycles. The van der Waals surface area contributed by atoms with Gasteiger partial charge >= 0.3 is 0 Å². The van der Waals surface area contributed by atoms with E-state index in [2.05, 4.69) is 5.32 Å². The Morgan fingerprint density at radius 3 is 2.37 bits per heavy atom. The lowest BCUT2D eigenvalue weighted by molar-refractivity contribution is 0.497. The summed E-state index contributed by atoms with van der Waals surface area (Å²) in [6.45, 7) is 0.0554. The van der Waals surface area contributed by atoms with Crippen LogP contribution in [0.25, 0.3) is 0 Å². The van der Waals surface area contributed by atoms with E-state index in [1.807, 2.05) is 0 Å². The van der Waals surface area contributed by atoms with Crippen molar-refractivity contribution in [2.24, 2.45) is 0 Å². The van der Waals surface area contributed by atoms with Crippen LogP contribution >= 0.6 is 11.6 Å². The van der Waals surface area contributed by atoms with Crippen molar-refractivity contribution < 1.29 is 17.6 Å². The summed E-state index contributed by atoms with van der Waals surface area (Å²) in [5.74, 6) is -3.92. The summed E-state index contributed by atoms with van der Waals surface area (Å²) in [4.78, 5) is 0. The molecule has 0 radical (unpaired) electrons. The fraction of sp³-hybridized carbons (Fsp3) is 0.0769. The molecule has 2 aromatic rings. The zero-order chi connectivity index (χ0) is 14.0. The third-order valence-corrected chi connectivity index (χ3v) is 2.75. The van der Waals surface area contributed by atoms with E-state index < -0.39 is 23.3 Å². The van der Waals surface area contributed by atoms with E-state index in [0.29, 0.717) is 11.6 Å². The highest BCUT2D eigenvalue weighted by Gasteiger charge is 2.11. The molecule has 0 saturated carbocycles. The molecule has 0 heterocycles. The first-order valence-electron chi connectivity index (χ1n) is 5.29. The molecule has 1 N–H and O–H groups in total. The van der Waals surface area contributed by atoms with Crippen molar-refractivity contribution >= 4 is 17.3 Å².